The van der Waals surface area contributed by atoms with Crippen LogP contribution in [0.25, 0.3) is 0 Å². The van der Waals surface area contributed by atoms with Crippen LogP contribution in [0, 0.1) is 0 Å². The van der Waals surface area contributed by atoms with Crippen molar-refractivity contribution in [3.8, 4) is 0 Å². The van der Waals surface area contributed by atoms with Crippen LogP contribution in [-0.4, -0.2) is 0 Å². The van der Waals surface area contributed by atoms with Crippen LogP contribution in [0.3, 0.4) is 0 Å². The first-order valence-corrected chi connectivity index (χ1v) is 5.84. The lowest BCUT2D eigenvalue weighted by atomic mass is 10.1. The highest BCUT2D eigenvalue weighted by Gasteiger charge is 1.96. The predicted molar refractivity (Wildman–Crippen MR) is 77.6 cm³/mol. The smallest absolute Gasteiger partial charge is 0.0397 e. The molecule has 0 aliphatic rings. The molecule has 18 heavy (non-hydrogen) atoms. The lowest BCUT2D eigenvalue weighted by Crippen LogP contribution is -2.13. The first-order valence-electron chi connectivity index (χ1n) is 5.84. The van der Waals surface area contributed by atoms with Crippen molar-refractivity contribution in [3.63, 3.8) is 0 Å². The van der Waals surface area contributed by atoms with Crippen molar-refractivity contribution in [3.05, 3.63) is 84.1 Å². The zero-order chi connectivity index (χ0) is 11.9. The van der Waals surface area contributed by atoms with Gasteiger partial charge in [0.05, 0.1) is 0 Å². The largest absolute Gasteiger partial charge is 0.384 e. The summed E-state index contributed by atoms with van der Waals surface area (Å²) < 4.78 is 0. The van der Waals surface area contributed by atoms with Gasteiger partial charge in [0, 0.05) is 18.7 Å². The molecule has 0 aliphatic heterocycles. The van der Waals surface area contributed by atoms with Crippen molar-refractivity contribution in [1.82, 2.24) is 11.5 Å². The number of hydrogen-bond donors (Lipinski definition) is 2. The third-order valence-corrected chi connectivity index (χ3v) is 2.65. The summed E-state index contributed by atoms with van der Waals surface area (Å²) in [5, 5.41) is 3.35. The van der Waals surface area contributed by atoms with E-state index in [1.54, 1.807) is 0 Å². The van der Waals surface area contributed by atoms with E-state index in [-0.39, 0.29) is 6.15 Å². The topological polar surface area (TPSA) is 47.0 Å². The maximum atomic E-state index is 4.05. The first-order chi connectivity index (χ1) is 8.34. The fourth-order valence-electron chi connectivity index (χ4n) is 1.73. The second kappa shape index (κ2) is 7.30. The van der Waals surface area contributed by atoms with Crippen molar-refractivity contribution in [2.24, 2.45) is 0 Å². The molecule has 0 aromatic heterocycles. The minimum Gasteiger partial charge on any atom is -0.384 e. The van der Waals surface area contributed by atoms with Crippen LogP contribution < -0.4 is 11.5 Å². The molecule has 2 rings (SSSR count). The third-order valence-electron chi connectivity index (χ3n) is 2.65. The van der Waals surface area contributed by atoms with Gasteiger partial charge in [0.15, 0.2) is 0 Å². The van der Waals surface area contributed by atoms with Crippen LogP contribution in [0.2, 0.25) is 0 Å². The highest BCUT2D eigenvalue weighted by Crippen LogP contribution is 2.05. The second-order valence-electron chi connectivity index (χ2n) is 4.11. The van der Waals surface area contributed by atoms with Gasteiger partial charge < -0.3 is 11.5 Å². The van der Waals surface area contributed by atoms with Gasteiger partial charge in [0.1, 0.15) is 0 Å². The third kappa shape index (κ3) is 4.44. The minimum absolute atomic E-state index is 0. The van der Waals surface area contributed by atoms with Crippen LogP contribution in [0.1, 0.15) is 11.1 Å². The summed E-state index contributed by atoms with van der Waals surface area (Å²) in [5.74, 6) is 0. The predicted octanol–water partition coefficient (Wildman–Crippen LogP) is 3.69. The Morgan fingerprint density at radius 2 is 1.33 bits per heavy atom. The molecule has 0 saturated heterocycles. The Morgan fingerprint density at radius 3 is 1.89 bits per heavy atom. The number of rotatable bonds is 5. The van der Waals surface area contributed by atoms with E-state index >= 15 is 0 Å². The monoisotopic (exact) mass is 240 g/mol. The van der Waals surface area contributed by atoms with Crippen molar-refractivity contribution < 1.29 is 0 Å². The van der Waals surface area contributed by atoms with E-state index in [0.717, 1.165) is 18.7 Å². The molecule has 0 saturated carbocycles. The van der Waals surface area contributed by atoms with Crippen LogP contribution in [0.15, 0.2) is 72.9 Å². The van der Waals surface area contributed by atoms with Gasteiger partial charge >= 0.3 is 0 Å². The van der Waals surface area contributed by atoms with Crippen LogP contribution in [0.5, 0.6) is 0 Å². The molecule has 0 unspecified atom stereocenters. The van der Waals surface area contributed by atoms with E-state index in [2.05, 4.69) is 60.4 Å². The Kier molecular flexibility index (Phi) is 5.68. The van der Waals surface area contributed by atoms with E-state index in [1.165, 1.54) is 11.1 Å². The maximum Gasteiger partial charge on any atom is 0.0397 e. The maximum absolute atomic E-state index is 4.05. The van der Waals surface area contributed by atoms with Crippen molar-refractivity contribution in [2.45, 2.75) is 13.0 Å². The molecule has 4 N–H and O–H groups in total. The molecule has 2 nitrogen and oxygen atoms in total. The van der Waals surface area contributed by atoms with Gasteiger partial charge in [0.25, 0.3) is 0 Å². The molecule has 94 valence electrons. The molecular weight excluding hydrogens is 220 g/mol. The highest BCUT2D eigenvalue weighted by atomic mass is 14.9. The van der Waals surface area contributed by atoms with Gasteiger partial charge in [-0.25, -0.2) is 0 Å². The summed E-state index contributed by atoms with van der Waals surface area (Å²) in [4.78, 5) is 0. The lowest BCUT2D eigenvalue weighted by molar-refractivity contribution is 0.786. The van der Waals surface area contributed by atoms with Crippen molar-refractivity contribution in [1.29, 1.82) is 0 Å². The number of nitrogens with one attached hydrogen (secondary N) is 1. The Bertz CT molecular complexity index is 463. The van der Waals surface area contributed by atoms with Crippen LogP contribution >= 0.6 is 0 Å². The Balaban J connectivity index is 0.00000162. The average Bonchev–Trinajstić information content (AvgIpc) is 2.39. The number of allylic oxidation sites excluding steroid dienone is 1. The van der Waals surface area contributed by atoms with Crippen molar-refractivity contribution in [2.75, 3.05) is 0 Å². The Hall–Kier alpha value is -2.06. The summed E-state index contributed by atoms with van der Waals surface area (Å²) in [5.41, 5.74) is 3.62. The summed E-state index contributed by atoms with van der Waals surface area (Å²) in [6.07, 6.45) is 0.883. The minimum atomic E-state index is 0. The Labute approximate surface area is 109 Å². The SMILES string of the molecule is C=C(Cc1ccccc1)NCc1ccccc1.N. The molecule has 0 aliphatic carbocycles. The fraction of sp³-hybridized carbons (Fsp3) is 0.125. The van der Waals surface area contributed by atoms with E-state index in [1.807, 2.05) is 12.1 Å². The van der Waals surface area contributed by atoms with Crippen molar-refractivity contribution >= 4 is 0 Å². The second-order valence-corrected chi connectivity index (χ2v) is 4.11. The quantitative estimate of drug-likeness (QED) is 0.837. The molecule has 2 aromatic rings. The van der Waals surface area contributed by atoms with Gasteiger partial charge in [-0.05, 0) is 11.1 Å². The molecule has 2 heteroatoms. The van der Waals surface area contributed by atoms with E-state index in [0.29, 0.717) is 0 Å². The Morgan fingerprint density at radius 1 is 0.833 bits per heavy atom. The van der Waals surface area contributed by atoms with Gasteiger partial charge in [-0.2, -0.15) is 0 Å². The van der Waals surface area contributed by atoms with Gasteiger partial charge in [-0.15, -0.1) is 0 Å². The average molecular weight is 240 g/mol. The summed E-state index contributed by atoms with van der Waals surface area (Å²) >= 11 is 0. The zero-order valence-electron chi connectivity index (χ0n) is 10.6. The molecule has 0 amide bonds. The molecule has 0 heterocycles. The van der Waals surface area contributed by atoms with Gasteiger partial charge in [-0.3, -0.25) is 0 Å². The van der Waals surface area contributed by atoms with E-state index < -0.39 is 0 Å². The van der Waals surface area contributed by atoms with E-state index in [4.69, 9.17) is 0 Å². The van der Waals surface area contributed by atoms with Crippen LogP contribution in [0.4, 0.5) is 0 Å². The van der Waals surface area contributed by atoms with E-state index in [9.17, 15) is 0 Å². The van der Waals surface area contributed by atoms with Crippen LogP contribution in [-0.2, 0) is 13.0 Å². The zero-order valence-corrected chi connectivity index (χ0v) is 10.6. The summed E-state index contributed by atoms with van der Waals surface area (Å²) in [7, 11) is 0. The molecule has 0 atom stereocenters. The lowest BCUT2D eigenvalue weighted by Gasteiger charge is -2.09. The molecule has 0 spiro atoms. The molecule has 0 fully saturated rings. The molecular formula is C16H20N2. The summed E-state index contributed by atoms with van der Waals surface area (Å²) in [6, 6.07) is 20.7. The van der Waals surface area contributed by atoms with Gasteiger partial charge in [0.2, 0.25) is 0 Å². The molecule has 2 aromatic carbocycles. The normalized spacial score (nSPS) is 9.33. The highest BCUT2D eigenvalue weighted by molar-refractivity contribution is 5.21. The number of benzene rings is 2. The summed E-state index contributed by atoms with van der Waals surface area (Å²) in [6.45, 7) is 4.89. The van der Waals surface area contributed by atoms with Gasteiger partial charge in [-0.1, -0.05) is 67.2 Å². The fourth-order valence-corrected chi connectivity index (χ4v) is 1.73. The standard InChI is InChI=1S/C16H17N.H3N/c1-14(12-15-8-4-2-5-9-15)17-13-16-10-6-3-7-11-16;/h2-11,17H,1,12-13H2;1H3. The first kappa shape index (κ1) is 14.0. The number of hydrogen-bond acceptors (Lipinski definition) is 2. The molecule has 0 radical (unpaired) electrons. The molecule has 0 bridgehead atoms.